The molecule has 24 rings (SSSR count). The molecular formula is C126H156N8O8S6. The molecule has 22 heteroatoms. The van der Waals surface area contributed by atoms with Gasteiger partial charge in [0.25, 0.3) is 47.3 Å². The standard InChI is InChI=1S/C34H40N2O2.C32H40N2O2S2.2C28H32N2O2S2.2C2H6/c1-17-19(3)35-29(23-13-11-21(15-25(17)23)33(5,6)7)27-28(31(35)37)30-24-14-12-22(34(8,9)10)16-26(24)18(2)20(4)36(30)32(27)38;1-13-17(5)33-23(25-19(13)15(3)27(37-25)31(7,8)9)21-22(29(33)35)24-26-20(14(2)18(6)34(24)30(21)36)16(4)28(38-26)32(10,11)12;1-11-15-19-17-18(26(32)29(19)13(3)21(15)33-23(11)27(5,6)7)20-16-12(2)24(28(8,9)10)34-22(16)14(4)30(20)25(17)31;1-11-15-13(3)29-19(21(15)33-23(11)27(5,6)7)17-18(25(29)31)20-22-16(14(4)30(20)26(17)32)12(2)24(34-22)28(8,9)10;2*1-2/h11-20H,1-10H3;13-14,17-18H,1-12H3;2*13-14H,1-10H3;2*1-2H3. The zero-order valence-corrected chi connectivity index (χ0v) is 102. The van der Waals surface area contributed by atoms with E-state index in [0.29, 0.717) is 44.6 Å². The molecule has 22 heterocycles. The third-order valence-electron chi connectivity index (χ3n) is 34.7. The summed E-state index contributed by atoms with van der Waals surface area (Å²) >= 11 is 10.7. The molecule has 2 aromatic carbocycles. The van der Waals surface area contributed by atoms with Crippen molar-refractivity contribution in [3.8, 4) is 0 Å². The van der Waals surface area contributed by atoms with Crippen molar-refractivity contribution in [3.63, 3.8) is 0 Å². The first-order chi connectivity index (χ1) is 68.5. The van der Waals surface area contributed by atoms with Crippen LogP contribution < -0.4 is 0 Å². The number of nitrogens with zero attached hydrogens (tertiary/aromatic N) is 8. The van der Waals surface area contributed by atoms with Crippen LogP contribution >= 0.6 is 68.0 Å². The summed E-state index contributed by atoms with van der Waals surface area (Å²) in [7, 11) is 0. The Bertz CT molecular complexity index is 7180. The number of benzene rings is 2. The van der Waals surface area contributed by atoms with Crippen LogP contribution in [0.5, 0.6) is 0 Å². The number of carbonyl (C=O) groups excluding carboxylic acids is 8. The molecule has 0 bridgehead atoms. The minimum atomic E-state index is -0.0502. The molecule has 12 atom stereocenters. The zero-order chi connectivity index (χ0) is 109. The van der Waals surface area contributed by atoms with Crippen LogP contribution in [-0.2, 0) is 81.7 Å². The van der Waals surface area contributed by atoms with E-state index >= 15 is 0 Å². The lowest BCUT2D eigenvalue weighted by Gasteiger charge is -2.42. The number of thiophene rings is 6. The summed E-state index contributed by atoms with van der Waals surface area (Å²) in [6.07, 6.45) is 0. The van der Waals surface area contributed by atoms with Crippen molar-refractivity contribution in [3.05, 3.63) is 240 Å². The number of rotatable bonds is 0. The Morgan fingerprint density at radius 3 is 0.682 bits per heavy atom. The Morgan fingerprint density at radius 2 is 0.426 bits per heavy atom. The fraction of sp³-hybridized carbons (Fsp3) is 0.524. The lowest BCUT2D eigenvalue weighted by molar-refractivity contribution is -0.125. The van der Waals surface area contributed by atoms with Crippen molar-refractivity contribution in [2.75, 3.05) is 0 Å². The third-order valence-corrected chi connectivity index (χ3v) is 45.5. The van der Waals surface area contributed by atoms with E-state index in [9.17, 15) is 38.4 Å². The number of hydrogen-bond donors (Lipinski definition) is 0. The van der Waals surface area contributed by atoms with Crippen molar-refractivity contribution in [1.82, 2.24) is 39.2 Å². The Morgan fingerprint density at radius 1 is 0.223 bits per heavy atom. The highest BCUT2D eigenvalue weighted by Crippen LogP contribution is 2.68. The van der Waals surface area contributed by atoms with E-state index in [1.54, 1.807) is 45.3 Å². The number of carbonyl (C=O) groups is 8. The highest BCUT2D eigenvalue weighted by atomic mass is 32.1. The fourth-order valence-corrected chi connectivity index (χ4v) is 36.2. The molecular weight excluding hydrogens is 1950 g/mol. The highest BCUT2D eigenvalue weighted by Gasteiger charge is 2.64. The van der Waals surface area contributed by atoms with Gasteiger partial charge in [0.2, 0.25) is 0 Å². The minimum Gasteiger partial charge on any atom is -0.303 e. The first kappa shape index (κ1) is 107. The third kappa shape index (κ3) is 14.4. The molecule has 148 heavy (non-hydrogen) atoms. The van der Waals surface area contributed by atoms with E-state index in [4.69, 9.17) is 0 Å². The Hall–Kier alpha value is -9.68. The molecule has 12 unspecified atom stereocenters. The smallest absolute Gasteiger partial charge is 0.261 e. The predicted octanol–water partition coefficient (Wildman–Crippen LogP) is 30.9. The van der Waals surface area contributed by atoms with Crippen molar-refractivity contribution < 1.29 is 38.4 Å². The van der Waals surface area contributed by atoms with Crippen LogP contribution in [0, 0.1) is 41.5 Å². The van der Waals surface area contributed by atoms with Crippen LogP contribution in [0.3, 0.4) is 0 Å². The SMILES string of the molecule is CC.CC.CC1c2cc(C(C)(C)C)ccc2C2=C3C(=O)N4C(=C3C(=O)N2C1C)c1ccc(C(C)(C)C)cc1C(C)C4C.Cc1c(C(C)(C)C)sc2c1C(C)C(C)N1C(=O)C3=C4c5sc(C(C)(C)C)c(C)c5C(C)C(C)N4C(=O)C3=C21.Cc1c(C(C)(C)C)sc2c1C(C)N1C(=O)C3=C4c5sc(C(C)(C)C)c(C)c5C(C)N4C(=O)C3=C21.Cc1c(C(C)(C)C)sc2c1C1=C3C(=O)N4C(=C3C(=O)N1C2C)c1c(sc(C(C)(C)C)c1C)C4C. The van der Waals surface area contributed by atoms with Crippen molar-refractivity contribution >= 4 is 161 Å². The fourth-order valence-electron chi connectivity index (χ4n) is 27.4. The number of fused-ring (bicyclic) bond motifs is 28. The van der Waals surface area contributed by atoms with Gasteiger partial charge in [-0.25, -0.2) is 0 Å². The second-order valence-corrected chi connectivity index (χ2v) is 58.6. The van der Waals surface area contributed by atoms with Gasteiger partial charge in [-0.1, -0.05) is 258 Å². The summed E-state index contributed by atoms with van der Waals surface area (Å²) in [5, 5.41) is 0. The quantitative estimate of drug-likeness (QED) is 0.145. The van der Waals surface area contributed by atoms with E-state index in [2.05, 4.69) is 327 Å². The maximum absolute atomic E-state index is 14.4. The summed E-state index contributed by atoms with van der Waals surface area (Å²) in [5.74, 6) is 0.674. The largest absolute Gasteiger partial charge is 0.303 e. The summed E-state index contributed by atoms with van der Waals surface area (Å²) < 4.78 is 0. The molecule has 6 aromatic heterocycles. The molecule has 784 valence electrons. The van der Waals surface area contributed by atoms with Gasteiger partial charge < -0.3 is 19.6 Å². The van der Waals surface area contributed by atoms with Crippen LogP contribution in [-0.4, -0.2) is 111 Å². The van der Waals surface area contributed by atoms with Gasteiger partial charge >= 0.3 is 0 Å². The molecule has 0 aliphatic carbocycles. The van der Waals surface area contributed by atoms with E-state index < -0.39 is 0 Å². The van der Waals surface area contributed by atoms with E-state index in [1.807, 2.05) is 89.6 Å². The molecule has 0 fully saturated rings. The number of amides is 8. The predicted molar refractivity (Wildman–Crippen MR) is 615 cm³/mol. The molecule has 0 saturated heterocycles. The summed E-state index contributed by atoms with van der Waals surface area (Å²) in [5.41, 5.74) is 34.0. The van der Waals surface area contributed by atoms with E-state index in [1.165, 1.54) is 117 Å². The number of hydrogen-bond acceptors (Lipinski definition) is 14. The van der Waals surface area contributed by atoms with Crippen LogP contribution in [0.2, 0.25) is 0 Å². The van der Waals surface area contributed by atoms with E-state index in [-0.39, 0.29) is 163 Å². The Kier molecular flexibility index (Phi) is 24.8. The van der Waals surface area contributed by atoms with Gasteiger partial charge in [0.15, 0.2) is 0 Å². The van der Waals surface area contributed by atoms with Crippen molar-refractivity contribution in [1.29, 1.82) is 0 Å². The molecule has 0 spiro atoms. The van der Waals surface area contributed by atoms with Crippen molar-refractivity contribution in [2.45, 2.75) is 434 Å². The van der Waals surface area contributed by atoms with Gasteiger partial charge in [0.05, 0.1) is 134 Å². The average molecular weight is 2100 g/mol. The monoisotopic (exact) mass is 2100 g/mol. The normalized spacial score (nSPS) is 24.5. The van der Waals surface area contributed by atoms with Gasteiger partial charge in [-0.05, 0) is 218 Å². The van der Waals surface area contributed by atoms with Gasteiger partial charge in [0, 0.05) is 109 Å². The molecule has 0 saturated carbocycles. The molecule has 16 nitrogen and oxygen atoms in total. The maximum Gasteiger partial charge on any atom is 0.261 e. The molecule has 8 aromatic rings. The summed E-state index contributed by atoms with van der Waals surface area (Å²) in [6.45, 7) is 101. The van der Waals surface area contributed by atoms with Crippen LogP contribution in [0.1, 0.15) is 483 Å². The minimum absolute atomic E-state index is 0.00286. The van der Waals surface area contributed by atoms with Crippen molar-refractivity contribution in [2.24, 2.45) is 0 Å². The molecule has 0 N–H and O–H groups in total. The second-order valence-electron chi connectivity index (χ2n) is 52.4. The van der Waals surface area contributed by atoms with Gasteiger partial charge in [-0.15, -0.1) is 68.0 Å². The topological polar surface area (TPSA) is 162 Å². The van der Waals surface area contributed by atoms with Crippen LogP contribution in [0.15, 0.2) is 81.0 Å². The lowest BCUT2D eigenvalue weighted by atomic mass is 9.78. The first-order valence-electron chi connectivity index (χ1n) is 54.3. The molecule has 0 radical (unpaired) electrons. The summed E-state index contributed by atoms with van der Waals surface area (Å²) in [6, 6.07) is 13.0. The first-order valence-corrected chi connectivity index (χ1v) is 59.2. The highest BCUT2D eigenvalue weighted by molar-refractivity contribution is 7.15. The van der Waals surface area contributed by atoms with Gasteiger partial charge in [-0.2, -0.15) is 0 Å². The second kappa shape index (κ2) is 34.4. The maximum atomic E-state index is 14.4. The lowest BCUT2D eigenvalue weighted by Crippen LogP contribution is -2.44. The van der Waals surface area contributed by atoms with Gasteiger partial charge in [-0.3, -0.25) is 58.0 Å². The molecule has 16 aliphatic heterocycles. The molecule has 8 amide bonds. The summed E-state index contributed by atoms with van der Waals surface area (Å²) in [4.78, 5) is 144. The van der Waals surface area contributed by atoms with E-state index in [0.717, 1.165) is 87.3 Å². The Balaban J connectivity index is 0.000000123. The zero-order valence-electron chi connectivity index (χ0n) is 96.7. The molecule has 16 aliphatic rings. The van der Waals surface area contributed by atoms with Gasteiger partial charge in [0.1, 0.15) is 0 Å². The van der Waals surface area contributed by atoms with Crippen LogP contribution in [0.25, 0.3) is 45.6 Å². The average Bonchev–Trinajstić information content (AvgIpc) is 1.50. The van der Waals surface area contributed by atoms with Crippen LogP contribution in [0.4, 0.5) is 0 Å². The Labute approximate surface area is 904 Å².